The lowest BCUT2D eigenvalue weighted by Gasteiger charge is -2.13. The average molecular weight is 849 g/mol. The number of rotatable bonds is 17. The maximum atomic E-state index is 11.6. The Morgan fingerprint density at radius 3 is 1.65 bits per heavy atom. The van der Waals surface area contributed by atoms with E-state index in [0.717, 1.165) is 17.5 Å². The molecule has 5 atom stereocenters. The van der Waals surface area contributed by atoms with Crippen molar-refractivity contribution in [1.29, 1.82) is 1.43 Å². The van der Waals surface area contributed by atoms with Crippen molar-refractivity contribution in [2.24, 2.45) is 23.1 Å². The van der Waals surface area contributed by atoms with Gasteiger partial charge in [-0.25, -0.2) is 9.59 Å². The maximum Gasteiger partial charge on any atom is 0.327 e. The van der Waals surface area contributed by atoms with Crippen molar-refractivity contribution in [3.05, 3.63) is 0 Å². The number of thioether (sulfide) groups is 1. The highest BCUT2D eigenvalue weighted by Gasteiger charge is 2.27. The molecule has 0 bridgehead atoms. The molecule has 0 aromatic rings. The minimum absolute atomic E-state index is 0.00972. The molecule has 3 amide bonds. The van der Waals surface area contributed by atoms with E-state index in [-0.39, 0.29) is 53.5 Å². The normalized spacial score (nSPS) is 14.7. The Morgan fingerprint density at radius 1 is 0.923 bits per heavy atom. The van der Waals surface area contributed by atoms with Crippen molar-refractivity contribution in [2.45, 2.75) is 50.4 Å². The molecule has 1 fully saturated rings. The first kappa shape index (κ1) is 55.8. The number of carbonyl (C=O) groups is 9. The first-order valence-electron chi connectivity index (χ1n) is 14.7. The minimum Gasteiger partial charge on any atom is -0.480 e. The molecule has 1 saturated heterocycles. The molecule has 0 radical (unpaired) electrons. The predicted molar refractivity (Wildman–Crippen MR) is 204 cm³/mol. The van der Waals surface area contributed by atoms with Gasteiger partial charge in [0.25, 0.3) is 5.24 Å². The van der Waals surface area contributed by atoms with Crippen LogP contribution >= 0.6 is 62.3 Å². The number of carboxylic acid groups (broad SMARTS) is 5. The Morgan fingerprint density at radius 2 is 1.42 bits per heavy atom. The lowest BCUT2D eigenvalue weighted by molar-refractivity contribution is -0.141. The van der Waals surface area contributed by atoms with Gasteiger partial charge in [0.15, 0.2) is 0 Å². The summed E-state index contributed by atoms with van der Waals surface area (Å²) in [5.74, 6) is -5.89. The summed E-state index contributed by atoms with van der Waals surface area (Å²) in [6, 6.07) is -3.49. The third kappa shape index (κ3) is 38.3. The molecule has 0 aliphatic carbocycles. The summed E-state index contributed by atoms with van der Waals surface area (Å²) in [7, 11) is 1.29. The number of nitrogens with one attached hydrogen (secondary N) is 3. The number of ketones is 1. The van der Waals surface area contributed by atoms with Crippen LogP contribution in [0, 0.1) is 5.92 Å². The van der Waals surface area contributed by atoms with Crippen LogP contribution in [0.15, 0.2) is 0 Å². The first-order chi connectivity index (χ1) is 24.6. The lowest BCUT2D eigenvalue weighted by atomic mass is 9.99. The fourth-order valence-corrected chi connectivity index (χ4v) is 3.86. The highest BCUT2D eigenvalue weighted by atomic mass is 32.2. The van der Waals surface area contributed by atoms with Crippen LogP contribution in [0.25, 0.3) is 0 Å². The summed E-state index contributed by atoms with van der Waals surface area (Å²) in [4.78, 5) is 94.7. The molecular weight excluding hydrogens is 797 g/mol. The van der Waals surface area contributed by atoms with Crippen LogP contribution in [0.1, 0.15) is 26.2 Å². The van der Waals surface area contributed by atoms with Crippen LogP contribution < -0.4 is 33.2 Å². The Kier molecular flexibility index (Phi) is 40.5. The zero-order valence-electron chi connectivity index (χ0n) is 29.2. The second-order valence-electron chi connectivity index (χ2n) is 9.26. The monoisotopic (exact) mass is 848 g/mol. The zero-order valence-corrected chi connectivity index (χ0v) is 32.6. The Balaban J connectivity index is -0.000000195. The molecule has 15 N–H and O–H groups in total. The van der Waals surface area contributed by atoms with E-state index in [2.05, 4.69) is 71.6 Å². The van der Waals surface area contributed by atoms with Gasteiger partial charge in [-0.2, -0.15) is 50.5 Å². The summed E-state index contributed by atoms with van der Waals surface area (Å²) in [5, 5.41) is 51.6. The first-order valence-corrected chi connectivity index (χ1v) is 17.8. The fraction of sp³-hybridized carbons (Fsp3) is 0.654. The van der Waals surface area contributed by atoms with Crippen LogP contribution in [-0.4, -0.2) is 158 Å². The second-order valence-corrected chi connectivity index (χ2v) is 11.8. The van der Waals surface area contributed by atoms with Crippen molar-refractivity contribution in [2.75, 3.05) is 49.0 Å². The number of amides is 3. The van der Waals surface area contributed by atoms with Gasteiger partial charge >= 0.3 is 29.8 Å². The standard InChI is InChI=1S/C11H18N2O6S.C5H9NO3S.C4H5NO3S.C3H7NO2S.C2H7NS.CH4O/c12-8(11(18)19)2-1-7(14)3-6(5-20)10(17)13-4-9(15)16;1-3(7)6-4(2-10)5(8)9;6-3(7)2-1-9-4(8)5-2;4-2(1-7)3(5)6;3-1-2-4;1-2/h6,8,20H,1-5,12H2,(H,13,17)(H,15,16)(H,18,19);4,10H,2H2,1H3,(H,6,7)(H,8,9);2H,1H2,(H,5,8)(H,6,7);2,7H,1,4H2,(H,5,6);4H,1-3H2;2H,1H3/t6-,8+;4-;2*2-;;/m1000../s1/i;;;;;2T. The van der Waals surface area contributed by atoms with Crippen molar-refractivity contribution in [3.8, 4) is 0 Å². The number of carbonyl (C=O) groups excluding carboxylic acids is 4. The quantitative estimate of drug-likeness (QED) is 0.0653. The van der Waals surface area contributed by atoms with Crippen molar-refractivity contribution in [1.82, 2.24) is 16.0 Å². The number of aliphatic hydroxyl groups excluding tert-OH is 1. The van der Waals surface area contributed by atoms with E-state index in [1.165, 1.54) is 14.0 Å². The summed E-state index contributed by atoms with van der Waals surface area (Å²) in [6.45, 7) is 1.42. The van der Waals surface area contributed by atoms with E-state index in [9.17, 15) is 43.2 Å². The van der Waals surface area contributed by atoms with Gasteiger partial charge in [-0.05, 0) is 6.42 Å². The summed E-state index contributed by atoms with van der Waals surface area (Å²) >= 11 is 16.1. The molecule has 26 heteroatoms. The number of aliphatic hydroxyl groups is 1. The third-order valence-electron chi connectivity index (χ3n) is 5.00. The van der Waals surface area contributed by atoms with E-state index in [1.807, 2.05) is 0 Å². The molecule has 52 heavy (non-hydrogen) atoms. The number of hydrogen-bond donors (Lipinski definition) is 16. The smallest absolute Gasteiger partial charge is 0.327 e. The molecule has 1 rings (SSSR count). The van der Waals surface area contributed by atoms with Gasteiger partial charge in [0.1, 0.15) is 36.5 Å². The van der Waals surface area contributed by atoms with Gasteiger partial charge < -0.3 is 63.8 Å². The fourth-order valence-electron chi connectivity index (χ4n) is 2.39. The molecule has 0 spiro atoms. The van der Waals surface area contributed by atoms with Crippen molar-refractivity contribution < 1.29 is 73.8 Å². The molecule has 1 heterocycles. The lowest BCUT2D eigenvalue weighted by Crippen LogP contribution is -2.40. The molecule has 1 aliphatic rings. The summed E-state index contributed by atoms with van der Waals surface area (Å²) in [6.07, 6.45) is -0.185. The van der Waals surface area contributed by atoms with Gasteiger partial charge in [-0.3, -0.25) is 33.6 Å². The van der Waals surface area contributed by atoms with Crippen molar-refractivity contribution >= 4 is 115 Å². The average Bonchev–Trinajstić information content (AvgIpc) is 3.54. The third-order valence-corrected chi connectivity index (χ3v) is 7.34. The Labute approximate surface area is 327 Å². The molecule has 304 valence electrons. The van der Waals surface area contributed by atoms with E-state index in [1.54, 1.807) is 0 Å². The van der Waals surface area contributed by atoms with Gasteiger partial charge in [-0.1, -0.05) is 11.8 Å². The van der Waals surface area contributed by atoms with Crippen LogP contribution in [0.4, 0.5) is 4.79 Å². The predicted octanol–water partition coefficient (Wildman–Crippen LogP) is -2.90. The molecule has 0 aromatic carbocycles. The SMILES string of the molecule is CC(=O)N[C@@H](CS)C(=O)O.NCCS.N[C@@H](CCC(=O)C[C@H](CS)C(=O)NCC(=O)O)C(=O)O.N[C@@H](CS)C(=O)O.O=C1N[C@H](C(=O)O)CS1.[3H]OC. The van der Waals surface area contributed by atoms with Crippen LogP contribution in [0.2, 0.25) is 0 Å². The number of hydrogen-bond acceptors (Lipinski definition) is 18. The van der Waals surface area contributed by atoms with Gasteiger partial charge in [-0.15, -0.1) is 0 Å². The minimum atomic E-state index is -1.19. The van der Waals surface area contributed by atoms with Crippen LogP contribution in [0.3, 0.4) is 0 Å². The Bertz CT molecular complexity index is 1130. The molecular formula is C26H50N6O15S5. The Hall–Kier alpha value is -2.98. The van der Waals surface area contributed by atoms with E-state index < -0.39 is 72.4 Å². The summed E-state index contributed by atoms with van der Waals surface area (Å²) < 4.78 is 5.71. The number of aliphatic carboxylic acids is 5. The molecule has 0 aromatic heterocycles. The van der Waals surface area contributed by atoms with Gasteiger partial charge in [0, 0.05) is 62.2 Å². The number of thiol groups is 4. The largest absolute Gasteiger partial charge is 0.480 e. The number of Topliss-reactive ketones (excluding diaryl/α,β-unsaturated/α-hetero) is 1. The highest BCUT2D eigenvalue weighted by Crippen LogP contribution is 2.12. The number of carboxylic acids is 5. The van der Waals surface area contributed by atoms with Crippen LogP contribution in [0.5, 0.6) is 0 Å². The molecule has 21 nitrogen and oxygen atoms in total. The molecule has 0 unspecified atom stereocenters. The topological polar surface area (TPSA) is 389 Å². The summed E-state index contributed by atoms with van der Waals surface area (Å²) in [5.41, 5.74) is 15.1. The van der Waals surface area contributed by atoms with E-state index in [4.69, 9.17) is 44.2 Å². The van der Waals surface area contributed by atoms with Gasteiger partial charge in [0.05, 0.1) is 5.92 Å². The van der Waals surface area contributed by atoms with Crippen LogP contribution in [-0.2, 0) is 38.4 Å². The van der Waals surface area contributed by atoms with Gasteiger partial charge in [0.2, 0.25) is 13.2 Å². The highest BCUT2D eigenvalue weighted by molar-refractivity contribution is 8.14. The van der Waals surface area contributed by atoms with Crippen molar-refractivity contribution in [3.63, 3.8) is 0 Å². The maximum absolute atomic E-state index is 11.6. The second kappa shape index (κ2) is 37.8. The number of nitrogens with two attached hydrogens (primary N) is 3. The van der Waals surface area contributed by atoms with E-state index in [0.29, 0.717) is 12.3 Å². The van der Waals surface area contributed by atoms with E-state index >= 15 is 0 Å². The zero-order chi connectivity index (χ0) is 42.7. The molecule has 0 saturated carbocycles. The molecule has 1 aliphatic heterocycles.